The number of allylic oxidation sites excluding steroid dienone is 2. The first-order chi connectivity index (χ1) is 11.5. The number of fused-ring (bicyclic) bond motifs is 5. The van der Waals surface area contributed by atoms with Crippen molar-refractivity contribution in [2.24, 2.45) is 29.1 Å². The largest absolute Gasteiger partial charge is 0.366 e. The number of carbonyl (C=O) groups is 1. The van der Waals surface area contributed by atoms with Crippen LogP contribution in [0.2, 0.25) is 0 Å². The maximum atomic E-state index is 11.9. The lowest BCUT2D eigenvalue weighted by atomic mass is 9.50. The molecule has 130 valence electrons. The summed E-state index contributed by atoms with van der Waals surface area (Å²) in [6, 6.07) is 0. The number of ketones is 1. The van der Waals surface area contributed by atoms with Gasteiger partial charge in [-0.15, -0.1) is 0 Å². The average molecular weight is 326 g/mol. The number of ether oxygens (including phenoxy) is 1. The van der Waals surface area contributed by atoms with Crippen molar-refractivity contribution in [3.05, 3.63) is 23.3 Å². The molecule has 5 aliphatic rings. The summed E-state index contributed by atoms with van der Waals surface area (Å²) in [6.45, 7) is 5.80. The Hall–Kier alpha value is -0.890. The summed E-state index contributed by atoms with van der Waals surface area (Å²) >= 11 is 0. The van der Waals surface area contributed by atoms with Crippen LogP contribution in [0.5, 0.6) is 0 Å². The highest BCUT2D eigenvalue weighted by atomic mass is 16.5. The van der Waals surface area contributed by atoms with Crippen molar-refractivity contribution >= 4 is 5.78 Å². The molecular formula is C22H30O2. The molecule has 1 aliphatic heterocycles. The molecule has 1 spiro atoms. The van der Waals surface area contributed by atoms with Crippen LogP contribution in [0.1, 0.15) is 65.2 Å². The molecule has 2 fully saturated rings. The highest BCUT2D eigenvalue weighted by Gasteiger charge is 2.63. The van der Waals surface area contributed by atoms with Crippen LogP contribution < -0.4 is 0 Å². The van der Waals surface area contributed by atoms with Crippen LogP contribution in [0.15, 0.2) is 23.3 Å². The molecule has 0 N–H and O–H groups in total. The molecule has 0 amide bonds. The van der Waals surface area contributed by atoms with E-state index in [-0.39, 0.29) is 5.60 Å². The number of hydrogen-bond acceptors (Lipinski definition) is 2. The number of hydrogen-bond donors (Lipinski definition) is 0. The van der Waals surface area contributed by atoms with E-state index >= 15 is 0 Å². The van der Waals surface area contributed by atoms with E-state index in [0.717, 1.165) is 49.5 Å². The molecule has 0 aromatic carbocycles. The highest BCUT2D eigenvalue weighted by Crippen LogP contribution is 2.67. The van der Waals surface area contributed by atoms with E-state index in [4.69, 9.17) is 4.74 Å². The van der Waals surface area contributed by atoms with Crippen LogP contribution in [0.4, 0.5) is 0 Å². The SMILES string of the molecule is C[C@@H]1CC2=C(CCC(=O)C2)[C@H]2CC[C@@]3(C)[C@@H](CC[C@@]34C=CCO4)[C@H]12. The van der Waals surface area contributed by atoms with E-state index in [1.54, 1.807) is 5.57 Å². The summed E-state index contributed by atoms with van der Waals surface area (Å²) in [5.41, 5.74) is 3.59. The zero-order valence-corrected chi connectivity index (χ0v) is 15.1. The molecule has 1 heterocycles. The number of rotatable bonds is 0. The molecule has 0 aromatic rings. The molecule has 0 radical (unpaired) electrons. The minimum absolute atomic E-state index is 0.0273. The van der Waals surface area contributed by atoms with Gasteiger partial charge < -0.3 is 4.74 Å². The van der Waals surface area contributed by atoms with E-state index in [2.05, 4.69) is 26.0 Å². The fraction of sp³-hybridized carbons (Fsp3) is 0.773. The Morgan fingerprint density at radius 3 is 2.88 bits per heavy atom. The van der Waals surface area contributed by atoms with Gasteiger partial charge in [0, 0.05) is 18.3 Å². The first-order valence-electron chi connectivity index (χ1n) is 10.1. The molecule has 0 unspecified atom stereocenters. The van der Waals surface area contributed by atoms with Gasteiger partial charge in [-0.3, -0.25) is 4.79 Å². The molecule has 6 atom stereocenters. The van der Waals surface area contributed by atoms with Crippen LogP contribution in [-0.4, -0.2) is 18.0 Å². The molecule has 0 saturated heterocycles. The quantitative estimate of drug-likeness (QED) is 0.595. The summed E-state index contributed by atoms with van der Waals surface area (Å²) in [4.78, 5) is 11.9. The number of Topliss-reactive ketones (excluding diaryl/α,β-unsaturated/α-hetero) is 1. The standard InChI is InChI=1S/C22H30O2/c1-14-12-15-13-16(23)4-5-17(15)18-6-9-21(2)19(20(14)18)7-10-22(21)8-3-11-24-22/h3,8,14,18-20H,4-7,9-13H2,1-2H3/t14-,18-,19+,20-,21+,22+/m1/s1. The van der Waals surface area contributed by atoms with Crippen molar-refractivity contribution in [3.63, 3.8) is 0 Å². The molecule has 0 aromatic heterocycles. The van der Waals surface area contributed by atoms with Crippen molar-refractivity contribution in [2.45, 2.75) is 70.8 Å². The zero-order chi connectivity index (χ0) is 16.5. The van der Waals surface area contributed by atoms with E-state index in [9.17, 15) is 4.79 Å². The van der Waals surface area contributed by atoms with Gasteiger partial charge in [-0.25, -0.2) is 0 Å². The lowest BCUT2D eigenvalue weighted by molar-refractivity contribution is -0.120. The van der Waals surface area contributed by atoms with Crippen LogP contribution in [0, 0.1) is 29.1 Å². The predicted octanol–water partition coefficient (Wildman–Crippen LogP) is 4.84. The van der Waals surface area contributed by atoms with Gasteiger partial charge in [-0.2, -0.15) is 0 Å². The Balaban J connectivity index is 1.52. The zero-order valence-electron chi connectivity index (χ0n) is 15.1. The first-order valence-corrected chi connectivity index (χ1v) is 10.1. The molecule has 2 nitrogen and oxygen atoms in total. The first kappa shape index (κ1) is 15.4. The van der Waals surface area contributed by atoms with Gasteiger partial charge in [0.2, 0.25) is 0 Å². The van der Waals surface area contributed by atoms with Gasteiger partial charge in [-0.05, 0) is 62.2 Å². The van der Waals surface area contributed by atoms with E-state index in [0.29, 0.717) is 11.2 Å². The molecule has 0 bridgehead atoms. The van der Waals surface area contributed by atoms with Gasteiger partial charge in [0.25, 0.3) is 0 Å². The Morgan fingerprint density at radius 2 is 2.08 bits per heavy atom. The van der Waals surface area contributed by atoms with Crippen molar-refractivity contribution in [1.82, 2.24) is 0 Å². The smallest absolute Gasteiger partial charge is 0.137 e. The van der Waals surface area contributed by atoms with E-state index < -0.39 is 0 Å². The van der Waals surface area contributed by atoms with Gasteiger partial charge >= 0.3 is 0 Å². The van der Waals surface area contributed by atoms with Crippen LogP contribution >= 0.6 is 0 Å². The maximum absolute atomic E-state index is 11.9. The Labute approximate surface area is 145 Å². The molecule has 2 heteroatoms. The Morgan fingerprint density at radius 1 is 1.21 bits per heavy atom. The van der Waals surface area contributed by atoms with Gasteiger partial charge in [0.15, 0.2) is 0 Å². The second-order valence-corrected chi connectivity index (χ2v) is 9.41. The monoisotopic (exact) mass is 326 g/mol. The fourth-order valence-electron chi connectivity index (χ4n) is 7.49. The van der Waals surface area contributed by atoms with Crippen molar-refractivity contribution in [2.75, 3.05) is 6.61 Å². The molecule has 4 aliphatic carbocycles. The number of carbonyl (C=O) groups excluding carboxylic acids is 1. The normalized spacial score (nSPS) is 50.2. The van der Waals surface area contributed by atoms with Crippen molar-refractivity contribution in [1.29, 1.82) is 0 Å². The highest BCUT2D eigenvalue weighted by molar-refractivity contribution is 5.82. The van der Waals surface area contributed by atoms with Gasteiger partial charge in [0.05, 0.1) is 12.2 Å². The summed E-state index contributed by atoms with van der Waals surface area (Å²) in [5.74, 6) is 3.57. The lowest BCUT2D eigenvalue weighted by Crippen LogP contribution is -2.52. The minimum Gasteiger partial charge on any atom is -0.366 e. The molecule has 2 saturated carbocycles. The second kappa shape index (κ2) is 5.06. The molecular weight excluding hydrogens is 296 g/mol. The van der Waals surface area contributed by atoms with E-state index in [1.807, 2.05) is 0 Å². The van der Waals surface area contributed by atoms with Gasteiger partial charge in [0.1, 0.15) is 5.78 Å². The maximum Gasteiger partial charge on any atom is 0.137 e. The summed E-state index contributed by atoms with van der Waals surface area (Å²) in [6.07, 6.45) is 13.6. The van der Waals surface area contributed by atoms with Crippen molar-refractivity contribution < 1.29 is 9.53 Å². The van der Waals surface area contributed by atoms with Crippen LogP contribution in [-0.2, 0) is 9.53 Å². The third kappa shape index (κ3) is 1.84. The van der Waals surface area contributed by atoms with E-state index in [1.165, 1.54) is 37.7 Å². The third-order valence-electron chi connectivity index (χ3n) is 8.55. The summed E-state index contributed by atoms with van der Waals surface area (Å²) < 4.78 is 6.34. The van der Waals surface area contributed by atoms with Crippen LogP contribution in [0.25, 0.3) is 0 Å². The van der Waals surface area contributed by atoms with Crippen LogP contribution in [0.3, 0.4) is 0 Å². The minimum atomic E-state index is 0.0273. The van der Waals surface area contributed by atoms with Gasteiger partial charge in [-0.1, -0.05) is 37.1 Å². The summed E-state index contributed by atoms with van der Waals surface area (Å²) in [5, 5.41) is 0. The predicted molar refractivity (Wildman–Crippen MR) is 94.5 cm³/mol. The topological polar surface area (TPSA) is 26.3 Å². The summed E-state index contributed by atoms with van der Waals surface area (Å²) in [7, 11) is 0. The average Bonchev–Trinajstić information content (AvgIpc) is 3.14. The van der Waals surface area contributed by atoms with Crippen molar-refractivity contribution in [3.8, 4) is 0 Å². The Bertz CT molecular complexity index is 644. The second-order valence-electron chi connectivity index (χ2n) is 9.41. The lowest BCUT2D eigenvalue weighted by Gasteiger charge is -2.56. The fourth-order valence-corrected chi connectivity index (χ4v) is 7.49. The molecule has 5 rings (SSSR count). The Kier molecular flexibility index (Phi) is 3.24. The molecule has 24 heavy (non-hydrogen) atoms. The third-order valence-corrected chi connectivity index (χ3v) is 8.55.